The average molecular weight is 129 g/mol. The largest absolute Gasteiger partial charge is 0.327 e. The van der Waals surface area contributed by atoms with Crippen LogP contribution in [-0.4, -0.2) is 12.2 Å². The standard InChI is InChI=1S/C7H12FN/c1-2-7(8,5-9)6-3-4-6/h2,6H,1,3-5,9H2. The lowest BCUT2D eigenvalue weighted by Gasteiger charge is -2.17. The Balaban J connectivity index is 2.53. The van der Waals surface area contributed by atoms with E-state index in [9.17, 15) is 4.39 Å². The maximum absolute atomic E-state index is 13.2. The molecule has 2 N–H and O–H groups in total. The molecular weight excluding hydrogens is 117 g/mol. The van der Waals surface area contributed by atoms with Gasteiger partial charge in [0.25, 0.3) is 0 Å². The fraction of sp³-hybridized carbons (Fsp3) is 0.714. The van der Waals surface area contributed by atoms with Crippen LogP contribution in [0.15, 0.2) is 12.7 Å². The van der Waals surface area contributed by atoms with Gasteiger partial charge in [-0.15, -0.1) is 0 Å². The van der Waals surface area contributed by atoms with Gasteiger partial charge in [-0.1, -0.05) is 12.7 Å². The number of alkyl halides is 1. The second-order valence-corrected chi connectivity index (χ2v) is 2.61. The first-order valence-corrected chi connectivity index (χ1v) is 3.25. The Morgan fingerprint density at radius 3 is 2.44 bits per heavy atom. The van der Waals surface area contributed by atoms with E-state index >= 15 is 0 Å². The number of nitrogens with two attached hydrogens (primary N) is 1. The van der Waals surface area contributed by atoms with Crippen molar-refractivity contribution in [2.24, 2.45) is 11.7 Å². The van der Waals surface area contributed by atoms with Gasteiger partial charge in [-0.2, -0.15) is 0 Å². The summed E-state index contributed by atoms with van der Waals surface area (Å²) in [5.74, 6) is 0.167. The molecule has 1 rings (SSSR count). The molecule has 52 valence electrons. The quantitative estimate of drug-likeness (QED) is 0.570. The van der Waals surface area contributed by atoms with Gasteiger partial charge in [-0.25, -0.2) is 4.39 Å². The number of halogens is 1. The average Bonchev–Trinajstić information content (AvgIpc) is 2.68. The Kier molecular flexibility index (Phi) is 1.58. The summed E-state index contributed by atoms with van der Waals surface area (Å²) in [6.07, 6.45) is 3.28. The second-order valence-electron chi connectivity index (χ2n) is 2.61. The van der Waals surface area contributed by atoms with Crippen molar-refractivity contribution in [3.05, 3.63) is 12.7 Å². The van der Waals surface area contributed by atoms with Gasteiger partial charge in [-0.3, -0.25) is 0 Å². The van der Waals surface area contributed by atoms with Crippen molar-refractivity contribution in [3.63, 3.8) is 0 Å². The first kappa shape index (κ1) is 6.75. The summed E-state index contributed by atoms with van der Waals surface area (Å²) in [6, 6.07) is 0. The highest BCUT2D eigenvalue weighted by Gasteiger charge is 2.42. The first-order chi connectivity index (χ1) is 4.23. The molecule has 0 saturated heterocycles. The maximum atomic E-state index is 13.2. The monoisotopic (exact) mass is 129 g/mol. The lowest BCUT2D eigenvalue weighted by atomic mass is 10.0. The van der Waals surface area contributed by atoms with Crippen molar-refractivity contribution in [2.75, 3.05) is 6.54 Å². The fourth-order valence-corrected chi connectivity index (χ4v) is 0.980. The lowest BCUT2D eigenvalue weighted by molar-refractivity contribution is 0.206. The van der Waals surface area contributed by atoms with Gasteiger partial charge in [0.15, 0.2) is 0 Å². The van der Waals surface area contributed by atoms with Crippen LogP contribution in [0.5, 0.6) is 0 Å². The van der Waals surface area contributed by atoms with Crippen molar-refractivity contribution in [3.8, 4) is 0 Å². The minimum absolute atomic E-state index is 0.0845. The Morgan fingerprint density at radius 2 is 2.33 bits per heavy atom. The van der Waals surface area contributed by atoms with Gasteiger partial charge in [0.05, 0.1) is 0 Å². The minimum Gasteiger partial charge on any atom is -0.327 e. The Bertz CT molecular complexity index is 120. The van der Waals surface area contributed by atoms with Crippen molar-refractivity contribution in [1.29, 1.82) is 0 Å². The zero-order chi connectivity index (χ0) is 6.91. The molecule has 0 heterocycles. The van der Waals surface area contributed by atoms with E-state index in [1.165, 1.54) is 6.08 Å². The van der Waals surface area contributed by atoms with Crippen LogP contribution in [0.4, 0.5) is 4.39 Å². The summed E-state index contributed by atoms with van der Waals surface area (Å²) in [7, 11) is 0. The fourth-order valence-electron chi connectivity index (χ4n) is 0.980. The van der Waals surface area contributed by atoms with Crippen LogP contribution in [0.1, 0.15) is 12.8 Å². The molecule has 0 spiro atoms. The molecule has 0 aromatic rings. The predicted molar refractivity (Wildman–Crippen MR) is 35.8 cm³/mol. The summed E-state index contributed by atoms with van der Waals surface area (Å²) in [4.78, 5) is 0. The van der Waals surface area contributed by atoms with Gasteiger partial charge in [0, 0.05) is 6.54 Å². The van der Waals surface area contributed by atoms with Crippen LogP contribution in [0.25, 0.3) is 0 Å². The van der Waals surface area contributed by atoms with Crippen LogP contribution >= 0.6 is 0 Å². The Morgan fingerprint density at radius 1 is 1.78 bits per heavy atom. The van der Waals surface area contributed by atoms with Crippen molar-refractivity contribution < 1.29 is 4.39 Å². The lowest BCUT2D eigenvalue weighted by Crippen LogP contribution is -2.32. The molecule has 1 saturated carbocycles. The molecule has 0 radical (unpaired) electrons. The summed E-state index contributed by atoms with van der Waals surface area (Å²) in [6.45, 7) is 3.49. The van der Waals surface area contributed by atoms with E-state index < -0.39 is 5.67 Å². The molecule has 9 heavy (non-hydrogen) atoms. The molecule has 1 atom stereocenters. The van der Waals surface area contributed by atoms with Gasteiger partial charge < -0.3 is 5.73 Å². The highest BCUT2D eigenvalue weighted by molar-refractivity contribution is 5.06. The smallest absolute Gasteiger partial charge is 0.143 e. The Labute approximate surface area is 54.7 Å². The van der Waals surface area contributed by atoms with Crippen LogP contribution in [-0.2, 0) is 0 Å². The third kappa shape index (κ3) is 1.13. The number of rotatable bonds is 3. The van der Waals surface area contributed by atoms with Crippen molar-refractivity contribution in [2.45, 2.75) is 18.5 Å². The molecular formula is C7H12FN. The molecule has 0 aliphatic heterocycles. The Hall–Kier alpha value is -0.370. The first-order valence-electron chi connectivity index (χ1n) is 3.25. The molecule has 2 heteroatoms. The highest BCUT2D eigenvalue weighted by Crippen LogP contribution is 2.42. The molecule has 0 aromatic heterocycles. The van der Waals surface area contributed by atoms with E-state index in [4.69, 9.17) is 5.73 Å². The molecule has 0 bridgehead atoms. The second kappa shape index (κ2) is 2.10. The van der Waals surface area contributed by atoms with Gasteiger partial charge in [0.2, 0.25) is 0 Å². The summed E-state index contributed by atoms with van der Waals surface area (Å²) >= 11 is 0. The van der Waals surface area contributed by atoms with Crippen molar-refractivity contribution >= 4 is 0 Å². The maximum Gasteiger partial charge on any atom is 0.143 e. The van der Waals surface area contributed by atoms with E-state index in [0.29, 0.717) is 0 Å². The summed E-state index contributed by atoms with van der Waals surface area (Å²) in [5.41, 5.74) is 3.95. The zero-order valence-electron chi connectivity index (χ0n) is 5.44. The molecule has 0 amide bonds. The summed E-state index contributed by atoms with van der Waals surface area (Å²) < 4.78 is 13.2. The molecule has 0 aromatic carbocycles. The normalized spacial score (nSPS) is 25.1. The topological polar surface area (TPSA) is 26.0 Å². The predicted octanol–water partition coefficient (Wildman–Crippen LogP) is 1.25. The molecule has 1 fully saturated rings. The SMILES string of the molecule is C=CC(F)(CN)C1CC1. The van der Waals surface area contributed by atoms with E-state index in [0.717, 1.165) is 12.8 Å². The van der Waals surface area contributed by atoms with Crippen molar-refractivity contribution in [1.82, 2.24) is 0 Å². The molecule has 1 aliphatic carbocycles. The van der Waals surface area contributed by atoms with Gasteiger partial charge in [0.1, 0.15) is 5.67 Å². The summed E-state index contributed by atoms with van der Waals surface area (Å²) in [5, 5.41) is 0. The molecule has 1 unspecified atom stereocenters. The van der Waals surface area contributed by atoms with E-state index in [-0.39, 0.29) is 12.5 Å². The van der Waals surface area contributed by atoms with Gasteiger partial charge >= 0.3 is 0 Å². The highest BCUT2D eigenvalue weighted by atomic mass is 19.1. The van der Waals surface area contributed by atoms with Crippen LogP contribution in [0.2, 0.25) is 0 Å². The third-order valence-corrected chi connectivity index (χ3v) is 1.91. The molecule has 1 aliphatic rings. The minimum atomic E-state index is -1.26. The van der Waals surface area contributed by atoms with E-state index in [2.05, 4.69) is 6.58 Å². The number of hydrogen-bond donors (Lipinski definition) is 1. The van der Waals surface area contributed by atoms with Gasteiger partial charge in [-0.05, 0) is 18.8 Å². The van der Waals surface area contributed by atoms with Crippen LogP contribution < -0.4 is 5.73 Å². The van der Waals surface area contributed by atoms with E-state index in [1.807, 2.05) is 0 Å². The van der Waals surface area contributed by atoms with Crippen LogP contribution in [0, 0.1) is 5.92 Å². The number of hydrogen-bond acceptors (Lipinski definition) is 1. The van der Waals surface area contributed by atoms with Crippen LogP contribution in [0.3, 0.4) is 0 Å². The molecule has 1 nitrogen and oxygen atoms in total. The zero-order valence-corrected chi connectivity index (χ0v) is 5.44. The van der Waals surface area contributed by atoms with E-state index in [1.54, 1.807) is 0 Å². The third-order valence-electron chi connectivity index (χ3n) is 1.91.